The average molecular weight is 468 g/mol. The summed E-state index contributed by atoms with van der Waals surface area (Å²) in [6.07, 6.45) is 0. The van der Waals surface area contributed by atoms with Gasteiger partial charge in [-0.15, -0.1) is 0 Å². The smallest absolute Gasteiger partial charge is 0.339 e. The topological polar surface area (TPSA) is 44.8 Å². The molecule has 0 atom stereocenters. The Balaban J connectivity index is 2.73. The number of carbonyl (C=O) groups excluding carboxylic acids is 1. The molecular weight excluding hydrogens is 444 g/mol. The summed E-state index contributed by atoms with van der Waals surface area (Å²) in [5.74, 6) is 0.166. The Morgan fingerprint density at radius 2 is 1.78 bits per heavy atom. The Kier molecular flexibility index (Phi) is 7.31. The first-order chi connectivity index (χ1) is 10.5. The van der Waals surface area contributed by atoms with Gasteiger partial charge in [-0.05, 0) is 46.2 Å². The summed E-state index contributed by atoms with van der Waals surface area (Å²) in [5.41, 5.74) is 0.419. The van der Waals surface area contributed by atoms with Crippen molar-refractivity contribution in [3.8, 4) is 5.75 Å². The van der Waals surface area contributed by atoms with E-state index in [1.54, 1.807) is 6.07 Å². The predicted octanol–water partition coefficient (Wildman–Crippen LogP) is 5.40. The van der Waals surface area contributed by atoms with Gasteiger partial charge in [0.1, 0.15) is 12.4 Å². The van der Waals surface area contributed by atoms with E-state index in [2.05, 4.69) is 65.7 Å². The molecule has 0 N–H and O–H groups in total. The lowest BCUT2D eigenvalue weighted by Crippen LogP contribution is -2.41. The van der Waals surface area contributed by atoms with Crippen LogP contribution in [0.5, 0.6) is 5.75 Å². The molecule has 0 aliphatic rings. The molecule has 0 saturated heterocycles. The summed E-state index contributed by atoms with van der Waals surface area (Å²) in [6.45, 7) is 12.0. The number of ether oxygens (including phenoxy) is 2. The van der Waals surface area contributed by atoms with Gasteiger partial charge in [0.05, 0.1) is 23.8 Å². The van der Waals surface area contributed by atoms with Crippen LogP contribution in [-0.2, 0) is 9.16 Å². The summed E-state index contributed by atoms with van der Waals surface area (Å²) in [4.78, 5) is 11.8. The average Bonchev–Trinajstić information content (AvgIpc) is 2.44. The SMILES string of the molecule is COC(=O)c1cc(Br)cc(OCCO[Si](C)(C)C(C)(C)C)c1Br. The first kappa shape index (κ1) is 20.7. The Hall–Kier alpha value is -0.373. The molecule has 0 amide bonds. The molecule has 1 aromatic rings. The Labute approximate surface area is 156 Å². The maximum absolute atomic E-state index is 11.8. The number of esters is 1. The molecule has 0 unspecified atom stereocenters. The first-order valence-corrected chi connectivity index (χ1v) is 11.8. The van der Waals surface area contributed by atoms with Gasteiger partial charge in [0.25, 0.3) is 0 Å². The quantitative estimate of drug-likeness (QED) is 0.319. The number of methoxy groups -OCH3 is 1. The molecule has 0 aliphatic carbocycles. The zero-order chi connectivity index (χ0) is 17.8. The first-order valence-electron chi connectivity index (χ1n) is 7.33. The lowest BCUT2D eigenvalue weighted by Gasteiger charge is -2.36. The second-order valence-corrected chi connectivity index (χ2v) is 13.2. The summed E-state index contributed by atoms with van der Waals surface area (Å²) in [7, 11) is -0.427. The highest BCUT2D eigenvalue weighted by Crippen LogP contribution is 2.36. The number of carbonyl (C=O) groups is 1. The van der Waals surface area contributed by atoms with Gasteiger partial charge >= 0.3 is 5.97 Å². The highest BCUT2D eigenvalue weighted by atomic mass is 79.9. The molecule has 130 valence electrons. The normalized spacial score (nSPS) is 12.2. The van der Waals surface area contributed by atoms with E-state index in [4.69, 9.17) is 13.9 Å². The number of benzene rings is 1. The maximum atomic E-state index is 11.8. The van der Waals surface area contributed by atoms with Gasteiger partial charge in [0.2, 0.25) is 0 Å². The summed E-state index contributed by atoms with van der Waals surface area (Å²) in [5, 5.41) is 0.168. The summed E-state index contributed by atoms with van der Waals surface area (Å²) >= 11 is 6.78. The molecule has 0 spiro atoms. The van der Waals surface area contributed by atoms with Crippen molar-refractivity contribution >= 4 is 46.1 Å². The predicted molar refractivity (Wildman–Crippen MR) is 102 cm³/mol. The van der Waals surface area contributed by atoms with Crippen molar-refractivity contribution in [2.75, 3.05) is 20.3 Å². The van der Waals surface area contributed by atoms with Crippen molar-refractivity contribution in [1.82, 2.24) is 0 Å². The summed E-state index contributed by atoms with van der Waals surface area (Å²) < 4.78 is 18.0. The fourth-order valence-electron chi connectivity index (χ4n) is 1.59. The molecule has 23 heavy (non-hydrogen) atoms. The van der Waals surface area contributed by atoms with E-state index in [0.717, 1.165) is 4.47 Å². The van der Waals surface area contributed by atoms with Gasteiger partial charge < -0.3 is 13.9 Å². The summed E-state index contributed by atoms with van der Waals surface area (Å²) in [6, 6.07) is 3.50. The number of hydrogen-bond donors (Lipinski definition) is 0. The van der Waals surface area contributed by atoms with Crippen LogP contribution in [0.15, 0.2) is 21.1 Å². The van der Waals surface area contributed by atoms with Crippen LogP contribution in [0.3, 0.4) is 0 Å². The molecule has 4 nitrogen and oxygen atoms in total. The van der Waals surface area contributed by atoms with Crippen LogP contribution < -0.4 is 4.74 Å². The van der Waals surface area contributed by atoms with Gasteiger partial charge in [0, 0.05) is 4.47 Å². The largest absolute Gasteiger partial charge is 0.490 e. The molecule has 0 saturated carbocycles. The van der Waals surface area contributed by atoms with E-state index >= 15 is 0 Å². The van der Waals surface area contributed by atoms with E-state index < -0.39 is 14.3 Å². The lowest BCUT2D eigenvalue weighted by atomic mass is 10.2. The standard InChI is InChI=1S/C16H24Br2O4Si/c1-16(2,3)23(5,6)22-8-7-21-13-10-11(17)9-12(14(13)18)15(19)20-4/h9-10H,7-8H2,1-6H3. The van der Waals surface area contributed by atoms with Crippen LogP contribution in [0, 0.1) is 0 Å². The molecule has 1 rings (SSSR count). The van der Waals surface area contributed by atoms with E-state index in [-0.39, 0.29) is 5.04 Å². The third kappa shape index (κ3) is 5.58. The van der Waals surface area contributed by atoms with E-state index in [9.17, 15) is 4.79 Å². The second-order valence-electron chi connectivity index (χ2n) is 6.71. The second kappa shape index (κ2) is 8.14. The molecule has 1 aromatic carbocycles. The Morgan fingerprint density at radius 3 is 2.30 bits per heavy atom. The third-order valence-corrected chi connectivity index (χ3v) is 9.83. The van der Waals surface area contributed by atoms with Gasteiger partial charge in [-0.3, -0.25) is 0 Å². The van der Waals surface area contributed by atoms with Gasteiger partial charge in [-0.1, -0.05) is 36.7 Å². The Morgan fingerprint density at radius 1 is 1.17 bits per heavy atom. The van der Waals surface area contributed by atoms with Crippen molar-refractivity contribution in [2.24, 2.45) is 0 Å². The highest BCUT2D eigenvalue weighted by Gasteiger charge is 2.36. The number of halogens is 2. The van der Waals surface area contributed by atoms with Crippen LogP contribution in [0.2, 0.25) is 18.1 Å². The van der Waals surface area contributed by atoms with Crippen molar-refractivity contribution in [2.45, 2.75) is 38.9 Å². The van der Waals surface area contributed by atoms with E-state index in [1.165, 1.54) is 7.11 Å². The third-order valence-electron chi connectivity index (χ3n) is 4.02. The van der Waals surface area contributed by atoms with Crippen LogP contribution >= 0.6 is 31.9 Å². The molecule has 0 aromatic heterocycles. The fraction of sp³-hybridized carbons (Fsp3) is 0.562. The fourth-order valence-corrected chi connectivity index (χ4v) is 3.56. The van der Waals surface area contributed by atoms with Crippen molar-refractivity contribution in [3.05, 3.63) is 26.6 Å². The Bertz CT molecular complexity index is 568. The van der Waals surface area contributed by atoms with Crippen molar-refractivity contribution < 1.29 is 18.7 Å². The number of hydrogen-bond acceptors (Lipinski definition) is 4. The highest BCUT2D eigenvalue weighted by molar-refractivity contribution is 9.11. The minimum Gasteiger partial charge on any atom is -0.490 e. The van der Waals surface area contributed by atoms with Crippen LogP contribution in [-0.4, -0.2) is 34.6 Å². The maximum Gasteiger partial charge on any atom is 0.339 e. The van der Waals surface area contributed by atoms with Crippen molar-refractivity contribution in [3.63, 3.8) is 0 Å². The van der Waals surface area contributed by atoms with Gasteiger partial charge in [-0.25, -0.2) is 4.79 Å². The van der Waals surface area contributed by atoms with E-state index in [1.807, 2.05) is 6.07 Å². The zero-order valence-electron chi connectivity index (χ0n) is 14.5. The molecule has 7 heteroatoms. The minimum atomic E-state index is -1.78. The monoisotopic (exact) mass is 466 g/mol. The molecule has 0 heterocycles. The molecule has 0 radical (unpaired) electrons. The molecule has 0 bridgehead atoms. The molecular formula is C16H24Br2O4Si. The van der Waals surface area contributed by atoms with Gasteiger partial charge in [-0.2, -0.15) is 0 Å². The van der Waals surface area contributed by atoms with Crippen molar-refractivity contribution in [1.29, 1.82) is 0 Å². The zero-order valence-corrected chi connectivity index (χ0v) is 18.6. The van der Waals surface area contributed by atoms with Crippen LogP contribution in [0.4, 0.5) is 0 Å². The lowest BCUT2D eigenvalue weighted by molar-refractivity contribution is 0.0599. The molecule has 0 fully saturated rings. The molecule has 0 aliphatic heterocycles. The van der Waals surface area contributed by atoms with Crippen LogP contribution in [0.25, 0.3) is 0 Å². The number of rotatable bonds is 6. The minimum absolute atomic E-state index is 0.168. The van der Waals surface area contributed by atoms with Crippen LogP contribution in [0.1, 0.15) is 31.1 Å². The van der Waals surface area contributed by atoms with E-state index in [0.29, 0.717) is 29.0 Å². The van der Waals surface area contributed by atoms with Gasteiger partial charge in [0.15, 0.2) is 8.32 Å².